The number of nitrogens with zero attached hydrogens (tertiary/aromatic N) is 1. The second kappa shape index (κ2) is 6.17. The molecule has 0 aliphatic heterocycles. The van der Waals surface area contributed by atoms with Gasteiger partial charge in [-0.05, 0) is 26.1 Å². The molecule has 1 N–H and O–H groups in total. The quantitative estimate of drug-likeness (QED) is 0.875. The van der Waals surface area contributed by atoms with Gasteiger partial charge in [-0.25, -0.2) is 0 Å². The molecule has 0 aliphatic carbocycles. The molecule has 0 amide bonds. The first kappa shape index (κ1) is 12.6. The van der Waals surface area contributed by atoms with E-state index < -0.39 is 0 Å². The van der Waals surface area contributed by atoms with Crippen molar-refractivity contribution < 1.29 is 4.74 Å². The standard InChI is InChI=1S/C15H18N2O/c1-12-5-6-15(14(8-12)10-16-2)18-11-13-4-3-7-17-9-13/h3-9,16H,10-11H2,1-2H3. The highest BCUT2D eigenvalue weighted by Gasteiger charge is 2.03. The Morgan fingerprint density at radius 2 is 2.17 bits per heavy atom. The minimum atomic E-state index is 0.549. The van der Waals surface area contributed by atoms with Crippen molar-refractivity contribution in [2.75, 3.05) is 7.05 Å². The van der Waals surface area contributed by atoms with Crippen molar-refractivity contribution in [2.24, 2.45) is 0 Å². The van der Waals surface area contributed by atoms with Gasteiger partial charge in [0.25, 0.3) is 0 Å². The summed E-state index contributed by atoms with van der Waals surface area (Å²) in [4.78, 5) is 4.08. The van der Waals surface area contributed by atoms with Gasteiger partial charge in [0.05, 0.1) is 0 Å². The van der Waals surface area contributed by atoms with Crippen LogP contribution in [0.25, 0.3) is 0 Å². The zero-order chi connectivity index (χ0) is 12.8. The average Bonchev–Trinajstić information content (AvgIpc) is 2.39. The fourth-order valence-corrected chi connectivity index (χ4v) is 1.82. The SMILES string of the molecule is CNCc1cc(C)ccc1OCc1cccnc1. The van der Waals surface area contributed by atoms with Gasteiger partial charge in [0, 0.05) is 30.1 Å². The minimum Gasteiger partial charge on any atom is -0.489 e. The molecule has 3 heteroatoms. The first-order valence-corrected chi connectivity index (χ1v) is 6.05. The summed E-state index contributed by atoms with van der Waals surface area (Å²) in [6, 6.07) is 10.2. The number of rotatable bonds is 5. The third-order valence-corrected chi connectivity index (χ3v) is 2.70. The summed E-state index contributed by atoms with van der Waals surface area (Å²) in [5, 5.41) is 3.16. The highest BCUT2D eigenvalue weighted by Crippen LogP contribution is 2.21. The third-order valence-electron chi connectivity index (χ3n) is 2.70. The maximum atomic E-state index is 5.85. The molecule has 0 bridgehead atoms. The predicted octanol–water partition coefficient (Wildman–Crippen LogP) is 2.69. The lowest BCUT2D eigenvalue weighted by Gasteiger charge is -2.12. The molecule has 0 radical (unpaired) electrons. The van der Waals surface area contributed by atoms with E-state index in [1.54, 1.807) is 6.20 Å². The Morgan fingerprint density at radius 3 is 2.89 bits per heavy atom. The minimum absolute atomic E-state index is 0.549. The smallest absolute Gasteiger partial charge is 0.124 e. The van der Waals surface area contributed by atoms with Crippen LogP contribution in [-0.2, 0) is 13.2 Å². The van der Waals surface area contributed by atoms with E-state index in [2.05, 4.69) is 29.4 Å². The lowest BCUT2D eigenvalue weighted by molar-refractivity contribution is 0.302. The summed E-state index contributed by atoms with van der Waals surface area (Å²) in [7, 11) is 1.94. The van der Waals surface area contributed by atoms with Crippen LogP contribution in [0.5, 0.6) is 5.75 Å². The van der Waals surface area contributed by atoms with Crippen molar-refractivity contribution in [3.8, 4) is 5.75 Å². The summed E-state index contributed by atoms with van der Waals surface area (Å²) in [6.45, 7) is 3.45. The molecule has 0 fully saturated rings. The van der Waals surface area contributed by atoms with Crippen LogP contribution in [0.1, 0.15) is 16.7 Å². The molecule has 0 unspecified atom stereocenters. The number of hydrogen-bond acceptors (Lipinski definition) is 3. The van der Waals surface area contributed by atoms with Crippen molar-refractivity contribution in [2.45, 2.75) is 20.1 Å². The van der Waals surface area contributed by atoms with Gasteiger partial charge < -0.3 is 10.1 Å². The molecule has 1 aromatic carbocycles. The lowest BCUT2D eigenvalue weighted by Crippen LogP contribution is -2.08. The van der Waals surface area contributed by atoms with E-state index >= 15 is 0 Å². The van der Waals surface area contributed by atoms with Crippen LogP contribution in [0.4, 0.5) is 0 Å². The summed E-state index contributed by atoms with van der Waals surface area (Å²) in [6.07, 6.45) is 3.59. The Morgan fingerprint density at radius 1 is 1.28 bits per heavy atom. The molecule has 3 nitrogen and oxygen atoms in total. The van der Waals surface area contributed by atoms with Crippen LogP contribution in [0.2, 0.25) is 0 Å². The monoisotopic (exact) mass is 242 g/mol. The molecular formula is C15H18N2O. The van der Waals surface area contributed by atoms with E-state index in [1.807, 2.05) is 31.4 Å². The maximum Gasteiger partial charge on any atom is 0.124 e. The predicted molar refractivity (Wildman–Crippen MR) is 72.5 cm³/mol. The van der Waals surface area contributed by atoms with E-state index in [4.69, 9.17) is 4.74 Å². The fraction of sp³-hybridized carbons (Fsp3) is 0.267. The van der Waals surface area contributed by atoms with Gasteiger partial charge in [-0.3, -0.25) is 4.98 Å². The van der Waals surface area contributed by atoms with E-state index in [9.17, 15) is 0 Å². The first-order valence-electron chi connectivity index (χ1n) is 6.05. The molecule has 0 saturated carbocycles. The van der Waals surface area contributed by atoms with Crippen molar-refractivity contribution in [1.82, 2.24) is 10.3 Å². The van der Waals surface area contributed by atoms with Gasteiger partial charge in [-0.15, -0.1) is 0 Å². The molecule has 18 heavy (non-hydrogen) atoms. The second-order valence-corrected chi connectivity index (χ2v) is 4.29. The average molecular weight is 242 g/mol. The molecule has 2 rings (SSSR count). The number of pyridine rings is 1. The molecule has 2 aromatic rings. The number of aromatic nitrogens is 1. The van der Waals surface area contributed by atoms with Gasteiger partial charge in [-0.2, -0.15) is 0 Å². The zero-order valence-electron chi connectivity index (χ0n) is 10.8. The van der Waals surface area contributed by atoms with Gasteiger partial charge in [0.2, 0.25) is 0 Å². The number of benzene rings is 1. The summed E-state index contributed by atoms with van der Waals surface area (Å²) in [5.41, 5.74) is 3.50. The van der Waals surface area contributed by atoms with Crippen LogP contribution >= 0.6 is 0 Å². The maximum absolute atomic E-state index is 5.85. The number of ether oxygens (including phenoxy) is 1. The van der Waals surface area contributed by atoms with Gasteiger partial charge >= 0.3 is 0 Å². The zero-order valence-corrected chi connectivity index (χ0v) is 10.8. The van der Waals surface area contributed by atoms with Crippen LogP contribution in [-0.4, -0.2) is 12.0 Å². The third kappa shape index (κ3) is 3.31. The van der Waals surface area contributed by atoms with Crippen molar-refractivity contribution >= 4 is 0 Å². The largest absolute Gasteiger partial charge is 0.489 e. The molecule has 1 aromatic heterocycles. The fourth-order valence-electron chi connectivity index (χ4n) is 1.82. The van der Waals surface area contributed by atoms with Crippen molar-refractivity contribution in [3.63, 3.8) is 0 Å². The van der Waals surface area contributed by atoms with Crippen LogP contribution in [0, 0.1) is 6.92 Å². The van der Waals surface area contributed by atoms with E-state index in [0.717, 1.165) is 17.9 Å². The molecule has 0 saturated heterocycles. The number of aryl methyl sites for hydroxylation is 1. The number of nitrogens with one attached hydrogen (secondary N) is 1. The summed E-state index contributed by atoms with van der Waals surface area (Å²) >= 11 is 0. The Labute approximate surface area is 108 Å². The second-order valence-electron chi connectivity index (χ2n) is 4.29. The van der Waals surface area contributed by atoms with Crippen LogP contribution < -0.4 is 10.1 Å². The van der Waals surface area contributed by atoms with Crippen LogP contribution in [0.15, 0.2) is 42.7 Å². The normalized spacial score (nSPS) is 10.3. The van der Waals surface area contributed by atoms with Crippen LogP contribution in [0.3, 0.4) is 0 Å². The van der Waals surface area contributed by atoms with Gasteiger partial charge in [0.1, 0.15) is 12.4 Å². The lowest BCUT2D eigenvalue weighted by atomic mass is 10.1. The van der Waals surface area contributed by atoms with E-state index in [-0.39, 0.29) is 0 Å². The number of hydrogen-bond donors (Lipinski definition) is 1. The molecule has 1 heterocycles. The highest BCUT2D eigenvalue weighted by molar-refractivity contribution is 5.37. The Bertz CT molecular complexity index is 497. The summed E-state index contributed by atoms with van der Waals surface area (Å²) in [5.74, 6) is 0.929. The Kier molecular flexibility index (Phi) is 4.31. The van der Waals surface area contributed by atoms with Crippen molar-refractivity contribution in [3.05, 3.63) is 59.4 Å². The molecule has 94 valence electrons. The van der Waals surface area contributed by atoms with Gasteiger partial charge in [-0.1, -0.05) is 23.8 Å². The van der Waals surface area contributed by atoms with Crippen molar-refractivity contribution in [1.29, 1.82) is 0 Å². The van der Waals surface area contributed by atoms with Gasteiger partial charge in [0.15, 0.2) is 0 Å². The first-order chi connectivity index (χ1) is 8.79. The molecular weight excluding hydrogens is 224 g/mol. The topological polar surface area (TPSA) is 34.1 Å². The molecule has 0 spiro atoms. The Hall–Kier alpha value is -1.87. The summed E-state index contributed by atoms with van der Waals surface area (Å²) < 4.78 is 5.85. The highest BCUT2D eigenvalue weighted by atomic mass is 16.5. The van der Waals surface area contributed by atoms with E-state index in [0.29, 0.717) is 6.61 Å². The molecule has 0 atom stereocenters. The molecule has 0 aliphatic rings. The van der Waals surface area contributed by atoms with E-state index in [1.165, 1.54) is 11.1 Å². The Balaban J connectivity index is 2.09.